The number of hydrogen-bond donors (Lipinski definition) is 0. The minimum absolute atomic E-state index is 0.253. The van der Waals surface area contributed by atoms with Crippen LogP contribution < -0.4 is 0 Å². The van der Waals surface area contributed by atoms with E-state index < -0.39 is 0 Å². The van der Waals surface area contributed by atoms with Crippen molar-refractivity contribution in [3.8, 4) is 0 Å². The summed E-state index contributed by atoms with van der Waals surface area (Å²) in [6.45, 7) is 2.71. The number of benzene rings is 1. The third kappa shape index (κ3) is 9.41. The van der Waals surface area contributed by atoms with Crippen molar-refractivity contribution < 1.29 is 9.53 Å². The number of aliphatic imine (C=N–C) groups is 1. The molecule has 1 aromatic rings. The second kappa shape index (κ2) is 12.1. The van der Waals surface area contributed by atoms with Crippen molar-refractivity contribution in [1.29, 1.82) is 0 Å². The van der Waals surface area contributed by atoms with Gasteiger partial charge in [0.05, 0.1) is 23.4 Å². The summed E-state index contributed by atoms with van der Waals surface area (Å²) in [5.41, 5.74) is 3.17. The van der Waals surface area contributed by atoms with Gasteiger partial charge in [-0.25, -0.2) is 9.79 Å². The summed E-state index contributed by atoms with van der Waals surface area (Å²) in [6.07, 6.45) is 7.12. The van der Waals surface area contributed by atoms with Gasteiger partial charge in [0.15, 0.2) is 0 Å². The number of unbranched alkanes of at least 4 members (excludes halogenated alkanes) is 5. The molecule has 0 spiro atoms. The Morgan fingerprint density at radius 1 is 1.13 bits per heavy atom. The molecule has 1 aromatic carbocycles. The van der Waals surface area contributed by atoms with Crippen molar-refractivity contribution in [3.05, 3.63) is 29.8 Å². The van der Waals surface area contributed by atoms with Crippen molar-refractivity contribution in [2.45, 2.75) is 45.4 Å². The van der Waals surface area contributed by atoms with Crippen LogP contribution in [0.1, 0.15) is 55.8 Å². The third-order valence-corrected chi connectivity index (χ3v) is 3.92. The largest absolute Gasteiger partial charge is 0.462 e. The highest BCUT2D eigenvalue weighted by Gasteiger charge is 2.06. The predicted octanol–water partition coefficient (Wildman–Crippen LogP) is 5.07. The van der Waals surface area contributed by atoms with Crippen LogP contribution in [0.4, 0.5) is 5.69 Å². The number of hydrogen-bond acceptors (Lipinski definition) is 5. The SMILES string of the molecule is CCCCCCCCOC(=O)c1ccc(N=CSN(C)C)cc1. The second-order valence-corrected chi connectivity index (χ2v) is 6.75. The number of ether oxygens (including phenoxy) is 1. The Morgan fingerprint density at radius 3 is 2.43 bits per heavy atom. The van der Waals surface area contributed by atoms with Gasteiger partial charge in [-0.3, -0.25) is 4.31 Å². The molecule has 1 rings (SSSR count). The maximum absolute atomic E-state index is 11.9. The van der Waals surface area contributed by atoms with Gasteiger partial charge in [0.25, 0.3) is 0 Å². The second-order valence-electron chi connectivity index (χ2n) is 5.60. The van der Waals surface area contributed by atoms with E-state index in [9.17, 15) is 4.79 Å². The fraction of sp³-hybridized carbons (Fsp3) is 0.556. The number of nitrogens with zero attached hydrogens (tertiary/aromatic N) is 2. The maximum Gasteiger partial charge on any atom is 0.338 e. The molecule has 4 nitrogen and oxygen atoms in total. The number of rotatable bonds is 11. The lowest BCUT2D eigenvalue weighted by Gasteiger charge is -2.05. The first-order chi connectivity index (χ1) is 11.1. The monoisotopic (exact) mass is 336 g/mol. The Morgan fingerprint density at radius 2 is 1.78 bits per heavy atom. The lowest BCUT2D eigenvalue weighted by molar-refractivity contribution is 0.0497. The van der Waals surface area contributed by atoms with Gasteiger partial charge < -0.3 is 4.74 Å². The fourth-order valence-electron chi connectivity index (χ4n) is 1.99. The predicted molar refractivity (Wildman–Crippen MR) is 99.5 cm³/mol. The van der Waals surface area contributed by atoms with Crippen LogP contribution in [-0.2, 0) is 4.74 Å². The molecular formula is C18H28N2O2S. The third-order valence-electron chi connectivity index (χ3n) is 3.29. The highest BCUT2D eigenvalue weighted by molar-refractivity contribution is 8.10. The van der Waals surface area contributed by atoms with Crippen molar-refractivity contribution in [3.63, 3.8) is 0 Å². The van der Waals surface area contributed by atoms with E-state index >= 15 is 0 Å². The van der Waals surface area contributed by atoms with Crippen LogP contribution in [0.25, 0.3) is 0 Å². The molecule has 0 aliphatic rings. The zero-order valence-corrected chi connectivity index (χ0v) is 15.3. The molecule has 0 aliphatic heterocycles. The molecule has 0 bridgehead atoms. The van der Waals surface area contributed by atoms with E-state index in [0.29, 0.717) is 12.2 Å². The van der Waals surface area contributed by atoms with E-state index in [0.717, 1.165) is 18.5 Å². The van der Waals surface area contributed by atoms with Crippen molar-refractivity contribution >= 4 is 29.2 Å². The Labute approximate surface area is 144 Å². The molecule has 0 unspecified atom stereocenters. The van der Waals surface area contributed by atoms with Crippen molar-refractivity contribution in [1.82, 2.24) is 4.31 Å². The average molecular weight is 337 g/mol. The standard InChI is InChI=1S/C18H28N2O2S/c1-4-5-6-7-8-9-14-22-18(21)16-10-12-17(13-11-16)19-15-23-20(2)3/h10-13,15H,4-9,14H2,1-3H3. The van der Waals surface area contributed by atoms with Gasteiger partial charge in [-0.15, -0.1) is 0 Å². The van der Waals surface area contributed by atoms with Gasteiger partial charge in [-0.1, -0.05) is 39.0 Å². The number of carbonyl (C=O) groups excluding carboxylic acids is 1. The van der Waals surface area contributed by atoms with E-state index in [-0.39, 0.29) is 5.97 Å². The number of esters is 1. The Bertz CT molecular complexity index is 472. The molecule has 23 heavy (non-hydrogen) atoms. The Balaban J connectivity index is 2.27. The summed E-state index contributed by atoms with van der Waals surface area (Å²) in [5, 5.41) is 0. The molecule has 0 radical (unpaired) electrons. The van der Waals surface area contributed by atoms with E-state index in [1.54, 1.807) is 17.7 Å². The lowest BCUT2D eigenvalue weighted by Crippen LogP contribution is -2.06. The maximum atomic E-state index is 11.9. The van der Waals surface area contributed by atoms with Crippen LogP contribution in [-0.4, -0.2) is 36.5 Å². The van der Waals surface area contributed by atoms with Gasteiger partial charge >= 0.3 is 5.97 Å². The van der Waals surface area contributed by atoms with Gasteiger partial charge in [-0.05, 0) is 56.7 Å². The van der Waals surface area contributed by atoms with Crippen LogP contribution >= 0.6 is 11.9 Å². The van der Waals surface area contributed by atoms with Crippen LogP contribution in [0.15, 0.2) is 29.3 Å². The minimum Gasteiger partial charge on any atom is -0.462 e. The summed E-state index contributed by atoms with van der Waals surface area (Å²) in [5.74, 6) is -0.253. The zero-order valence-electron chi connectivity index (χ0n) is 14.5. The van der Waals surface area contributed by atoms with Crippen molar-refractivity contribution in [2.24, 2.45) is 4.99 Å². The minimum atomic E-state index is -0.253. The van der Waals surface area contributed by atoms with Gasteiger partial charge in [0, 0.05) is 0 Å². The van der Waals surface area contributed by atoms with Crippen molar-refractivity contribution in [2.75, 3.05) is 20.7 Å². The molecular weight excluding hydrogens is 308 g/mol. The molecule has 0 aromatic heterocycles. The topological polar surface area (TPSA) is 41.9 Å². The molecule has 0 amide bonds. The summed E-state index contributed by atoms with van der Waals surface area (Å²) in [7, 11) is 3.92. The summed E-state index contributed by atoms with van der Waals surface area (Å²) >= 11 is 1.51. The molecule has 0 saturated carbocycles. The van der Waals surface area contributed by atoms with E-state index in [4.69, 9.17) is 4.74 Å². The first kappa shape index (κ1) is 19.7. The number of carbonyl (C=O) groups is 1. The molecule has 0 fully saturated rings. The van der Waals surface area contributed by atoms with E-state index in [2.05, 4.69) is 11.9 Å². The molecule has 128 valence electrons. The first-order valence-electron chi connectivity index (χ1n) is 8.27. The summed E-state index contributed by atoms with van der Waals surface area (Å²) in [6, 6.07) is 7.18. The van der Waals surface area contributed by atoms with Crippen LogP contribution in [0.2, 0.25) is 0 Å². The molecule has 0 atom stereocenters. The Kier molecular flexibility index (Phi) is 10.4. The molecule has 0 heterocycles. The van der Waals surface area contributed by atoms with Crippen LogP contribution in [0.3, 0.4) is 0 Å². The van der Waals surface area contributed by atoms with Crippen LogP contribution in [0, 0.1) is 0 Å². The van der Waals surface area contributed by atoms with Crippen LogP contribution in [0.5, 0.6) is 0 Å². The summed E-state index contributed by atoms with van der Waals surface area (Å²) in [4.78, 5) is 16.2. The fourth-order valence-corrected chi connectivity index (χ4v) is 2.35. The summed E-state index contributed by atoms with van der Waals surface area (Å²) < 4.78 is 7.25. The van der Waals surface area contributed by atoms with E-state index in [1.165, 1.54) is 37.6 Å². The quantitative estimate of drug-likeness (QED) is 0.186. The highest BCUT2D eigenvalue weighted by Crippen LogP contribution is 2.15. The van der Waals surface area contributed by atoms with Gasteiger partial charge in [0.2, 0.25) is 0 Å². The highest BCUT2D eigenvalue weighted by atomic mass is 32.2. The molecule has 0 saturated heterocycles. The van der Waals surface area contributed by atoms with E-state index in [1.807, 2.05) is 30.5 Å². The zero-order chi connectivity index (χ0) is 16.9. The molecule has 0 aliphatic carbocycles. The normalized spacial score (nSPS) is 11.3. The van der Waals surface area contributed by atoms with Gasteiger partial charge in [-0.2, -0.15) is 0 Å². The first-order valence-corrected chi connectivity index (χ1v) is 9.11. The Hall–Kier alpha value is -1.33. The smallest absolute Gasteiger partial charge is 0.338 e. The van der Waals surface area contributed by atoms with Gasteiger partial charge in [0.1, 0.15) is 0 Å². The molecule has 5 heteroatoms. The molecule has 0 N–H and O–H groups in total. The lowest BCUT2D eigenvalue weighted by atomic mass is 10.1. The average Bonchev–Trinajstić information content (AvgIpc) is 2.54.